The van der Waals surface area contributed by atoms with Crippen molar-refractivity contribution in [3.8, 4) is 0 Å². The van der Waals surface area contributed by atoms with E-state index >= 15 is 0 Å². The van der Waals surface area contributed by atoms with Gasteiger partial charge in [-0.15, -0.1) is 0 Å². The van der Waals surface area contributed by atoms with Crippen LogP contribution in [-0.2, 0) is 9.53 Å². The minimum absolute atomic E-state index is 0.0296. The summed E-state index contributed by atoms with van der Waals surface area (Å²) >= 11 is 0. The van der Waals surface area contributed by atoms with Crippen molar-refractivity contribution in [3.63, 3.8) is 0 Å². The summed E-state index contributed by atoms with van der Waals surface area (Å²) in [5.41, 5.74) is 5.86. The Labute approximate surface area is 86.0 Å². The molecule has 0 aromatic rings. The topological polar surface area (TPSA) is 52.3 Å². The highest BCUT2D eigenvalue weighted by Crippen LogP contribution is 2.46. The molecule has 3 nitrogen and oxygen atoms in total. The van der Waals surface area contributed by atoms with E-state index in [0.717, 1.165) is 12.8 Å². The van der Waals surface area contributed by atoms with E-state index in [1.54, 1.807) is 0 Å². The highest BCUT2D eigenvalue weighted by atomic mass is 16.5. The summed E-state index contributed by atoms with van der Waals surface area (Å²) in [4.78, 5) is 11.3. The number of rotatable bonds is 4. The molecule has 0 aromatic heterocycles. The fourth-order valence-corrected chi connectivity index (χ4v) is 2.78. The van der Waals surface area contributed by atoms with Gasteiger partial charge >= 0.3 is 5.97 Å². The number of hydrogen-bond donors (Lipinski definition) is 1. The lowest BCUT2D eigenvalue weighted by atomic mass is 9.74. The van der Waals surface area contributed by atoms with Crippen molar-refractivity contribution < 1.29 is 9.53 Å². The molecule has 0 radical (unpaired) electrons. The van der Waals surface area contributed by atoms with E-state index in [0.29, 0.717) is 18.9 Å². The highest BCUT2D eigenvalue weighted by molar-refractivity contribution is 5.70. The molecular formula is C11H21NO2. The van der Waals surface area contributed by atoms with Gasteiger partial charge in [-0.3, -0.25) is 4.79 Å². The Bertz CT molecular complexity index is 205. The molecule has 1 saturated carbocycles. The third-order valence-electron chi connectivity index (χ3n) is 3.72. The van der Waals surface area contributed by atoms with Gasteiger partial charge in [0.05, 0.1) is 13.5 Å². The summed E-state index contributed by atoms with van der Waals surface area (Å²) in [5.74, 6) is 0.488. The van der Waals surface area contributed by atoms with Crippen molar-refractivity contribution in [2.24, 2.45) is 17.1 Å². The van der Waals surface area contributed by atoms with Crippen LogP contribution in [0, 0.1) is 11.3 Å². The first kappa shape index (κ1) is 11.5. The fourth-order valence-electron chi connectivity index (χ4n) is 2.78. The molecule has 0 bridgehead atoms. The minimum atomic E-state index is -0.115. The Kier molecular flexibility index (Phi) is 3.93. The molecule has 3 heteroatoms. The van der Waals surface area contributed by atoms with Gasteiger partial charge in [0, 0.05) is 0 Å². The first-order chi connectivity index (χ1) is 6.68. The van der Waals surface area contributed by atoms with Crippen LogP contribution in [0.1, 0.15) is 39.0 Å². The average molecular weight is 199 g/mol. The van der Waals surface area contributed by atoms with Crippen LogP contribution in [-0.4, -0.2) is 19.6 Å². The number of ether oxygens (including phenoxy) is 1. The predicted octanol–water partition coefficient (Wildman–Crippen LogP) is 1.70. The standard InChI is InChI=1S/C11H21NO2/c1-3-9-5-4-6-11(9,8-12)7-10(13)14-2/h9H,3-8,12H2,1-2H3. The zero-order chi connectivity index (χ0) is 10.6. The molecule has 0 amide bonds. The molecule has 0 heterocycles. The molecule has 2 N–H and O–H groups in total. The Morgan fingerprint density at radius 2 is 2.36 bits per heavy atom. The van der Waals surface area contributed by atoms with Crippen LogP contribution in [0.25, 0.3) is 0 Å². The molecule has 0 aromatic carbocycles. The minimum Gasteiger partial charge on any atom is -0.469 e. The second-order valence-corrected chi connectivity index (χ2v) is 4.32. The summed E-state index contributed by atoms with van der Waals surface area (Å²) in [6, 6.07) is 0. The lowest BCUT2D eigenvalue weighted by Crippen LogP contribution is -2.36. The summed E-state index contributed by atoms with van der Waals surface area (Å²) in [6.45, 7) is 2.79. The zero-order valence-electron chi connectivity index (χ0n) is 9.21. The summed E-state index contributed by atoms with van der Waals surface area (Å²) in [5, 5.41) is 0. The Morgan fingerprint density at radius 3 is 2.86 bits per heavy atom. The maximum Gasteiger partial charge on any atom is 0.306 e. The van der Waals surface area contributed by atoms with Gasteiger partial charge in [0.15, 0.2) is 0 Å². The smallest absolute Gasteiger partial charge is 0.306 e. The Balaban J connectivity index is 2.69. The molecule has 14 heavy (non-hydrogen) atoms. The van der Waals surface area contributed by atoms with Gasteiger partial charge in [0.2, 0.25) is 0 Å². The molecule has 0 spiro atoms. The van der Waals surface area contributed by atoms with Crippen molar-refractivity contribution in [2.75, 3.05) is 13.7 Å². The van der Waals surface area contributed by atoms with Crippen LogP contribution in [0.15, 0.2) is 0 Å². The number of methoxy groups -OCH3 is 1. The lowest BCUT2D eigenvalue weighted by Gasteiger charge is -2.32. The predicted molar refractivity (Wildman–Crippen MR) is 55.8 cm³/mol. The second kappa shape index (κ2) is 4.78. The fraction of sp³-hybridized carbons (Fsp3) is 0.909. The van der Waals surface area contributed by atoms with E-state index in [-0.39, 0.29) is 11.4 Å². The molecule has 82 valence electrons. The molecular weight excluding hydrogens is 178 g/mol. The summed E-state index contributed by atoms with van der Waals surface area (Å²) in [6.07, 6.45) is 5.11. The first-order valence-corrected chi connectivity index (χ1v) is 5.45. The van der Waals surface area contributed by atoms with Crippen LogP contribution in [0.3, 0.4) is 0 Å². The van der Waals surface area contributed by atoms with Gasteiger partial charge < -0.3 is 10.5 Å². The van der Waals surface area contributed by atoms with Crippen LogP contribution >= 0.6 is 0 Å². The van der Waals surface area contributed by atoms with Gasteiger partial charge in [0.1, 0.15) is 0 Å². The Hall–Kier alpha value is -0.570. The molecule has 1 fully saturated rings. The van der Waals surface area contributed by atoms with Crippen molar-refractivity contribution in [1.82, 2.24) is 0 Å². The molecule has 0 saturated heterocycles. The van der Waals surface area contributed by atoms with Crippen LogP contribution in [0.5, 0.6) is 0 Å². The van der Waals surface area contributed by atoms with Gasteiger partial charge in [-0.05, 0) is 30.7 Å². The van der Waals surface area contributed by atoms with Crippen LogP contribution < -0.4 is 5.73 Å². The van der Waals surface area contributed by atoms with Gasteiger partial charge in [-0.2, -0.15) is 0 Å². The van der Waals surface area contributed by atoms with Gasteiger partial charge in [-0.25, -0.2) is 0 Å². The number of nitrogens with two attached hydrogens (primary N) is 1. The molecule has 0 aliphatic heterocycles. The average Bonchev–Trinajstić information content (AvgIpc) is 2.61. The van der Waals surface area contributed by atoms with Crippen molar-refractivity contribution >= 4 is 5.97 Å². The molecule has 1 aliphatic rings. The molecule has 1 rings (SSSR count). The number of carbonyl (C=O) groups is 1. The lowest BCUT2D eigenvalue weighted by molar-refractivity contribution is -0.144. The SMILES string of the molecule is CCC1CCCC1(CN)CC(=O)OC. The normalized spacial score (nSPS) is 31.8. The summed E-state index contributed by atoms with van der Waals surface area (Å²) < 4.78 is 4.74. The van der Waals surface area contributed by atoms with Crippen molar-refractivity contribution in [2.45, 2.75) is 39.0 Å². The molecule has 2 unspecified atom stereocenters. The maximum atomic E-state index is 11.3. The first-order valence-electron chi connectivity index (χ1n) is 5.45. The monoisotopic (exact) mass is 199 g/mol. The van der Waals surface area contributed by atoms with E-state index in [4.69, 9.17) is 10.5 Å². The molecule has 2 atom stereocenters. The zero-order valence-corrected chi connectivity index (χ0v) is 9.21. The second-order valence-electron chi connectivity index (χ2n) is 4.32. The van der Waals surface area contributed by atoms with Crippen molar-refractivity contribution in [3.05, 3.63) is 0 Å². The van der Waals surface area contributed by atoms with E-state index in [9.17, 15) is 4.79 Å². The van der Waals surface area contributed by atoms with E-state index in [1.807, 2.05) is 0 Å². The van der Waals surface area contributed by atoms with Gasteiger partial charge in [0.25, 0.3) is 0 Å². The number of carbonyl (C=O) groups excluding carboxylic acids is 1. The van der Waals surface area contributed by atoms with Crippen LogP contribution in [0.4, 0.5) is 0 Å². The number of hydrogen-bond acceptors (Lipinski definition) is 3. The quantitative estimate of drug-likeness (QED) is 0.701. The highest BCUT2D eigenvalue weighted by Gasteiger charge is 2.42. The number of esters is 1. The third-order valence-corrected chi connectivity index (χ3v) is 3.72. The van der Waals surface area contributed by atoms with Crippen LogP contribution in [0.2, 0.25) is 0 Å². The Morgan fingerprint density at radius 1 is 1.64 bits per heavy atom. The van der Waals surface area contributed by atoms with E-state index in [2.05, 4.69) is 6.92 Å². The molecule has 1 aliphatic carbocycles. The largest absolute Gasteiger partial charge is 0.469 e. The third kappa shape index (κ3) is 2.08. The van der Waals surface area contributed by atoms with E-state index < -0.39 is 0 Å². The van der Waals surface area contributed by atoms with E-state index in [1.165, 1.54) is 20.0 Å². The maximum absolute atomic E-state index is 11.3. The summed E-state index contributed by atoms with van der Waals surface area (Å²) in [7, 11) is 1.45. The van der Waals surface area contributed by atoms with Gasteiger partial charge in [-0.1, -0.05) is 19.8 Å². The van der Waals surface area contributed by atoms with Crippen molar-refractivity contribution in [1.29, 1.82) is 0 Å².